The van der Waals surface area contributed by atoms with Crippen molar-refractivity contribution in [2.24, 2.45) is 5.92 Å². The first-order valence-corrected chi connectivity index (χ1v) is 6.07. The normalized spacial score (nSPS) is 8.22. The summed E-state index contributed by atoms with van der Waals surface area (Å²) in [7, 11) is 0. The van der Waals surface area contributed by atoms with Gasteiger partial charge in [-0.2, -0.15) is 20.8 Å². The molecule has 0 amide bonds. The summed E-state index contributed by atoms with van der Waals surface area (Å²) in [5.41, 5.74) is 0. The fraction of sp³-hybridized carbons (Fsp3) is 0.714. The monoisotopic (exact) mass is 316 g/mol. The maximum atomic E-state index is 10.4. The van der Waals surface area contributed by atoms with Crippen molar-refractivity contribution in [1.29, 1.82) is 0 Å². The zero-order valence-corrected chi connectivity index (χ0v) is 14.9. The van der Waals surface area contributed by atoms with Crippen LogP contribution in [0.3, 0.4) is 0 Å². The van der Waals surface area contributed by atoms with Crippen LogP contribution in [-0.4, -0.2) is 28.4 Å². The van der Waals surface area contributed by atoms with Crippen LogP contribution in [0, 0.1) is 26.7 Å². The van der Waals surface area contributed by atoms with Crippen LogP contribution in [0.15, 0.2) is 0 Å². The van der Waals surface area contributed by atoms with Gasteiger partial charge in [-0.15, -0.1) is 0 Å². The summed E-state index contributed by atoms with van der Waals surface area (Å²) in [6, 6.07) is 0. The van der Waals surface area contributed by atoms with Gasteiger partial charge in [0.05, 0.1) is 5.92 Å². The van der Waals surface area contributed by atoms with Crippen molar-refractivity contribution in [3.8, 4) is 0 Å². The maximum absolute atomic E-state index is 10.4. The molecule has 112 valence electrons. The van der Waals surface area contributed by atoms with E-state index in [0.717, 1.165) is 25.7 Å². The van der Waals surface area contributed by atoms with Crippen molar-refractivity contribution in [2.45, 2.75) is 60.3 Å². The molecule has 0 aliphatic rings. The SMILES string of the molecule is CCCCC(CC)C(=O)O.[Al].[CH2-]C.[CH2-]C.[CH2-]C.[Ni+3]. The third kappa shape index (κ3) is 36.0. The van der Waals surface area contributed by atoms with Crippen molar-refractivity contribution < 1.29 is 26.4 Å². The number of hydrogen-bond acceptors (Lipinski definition) is 1. The first-order valence-electron chi connectivity index (χ1n) is 6.07. The zero-order chi connectivity index (χ0) is 14.0. The van der Waals surface area contributed by atoms with Gasteiger partial charge < -0.3 is 25.9 Å². The second-order valence-electron chi connectivity index (χ2n) is 2.59. The molecule has 0 aromatic rings. The van der Waals surface area contributed by atoms with Gasteiger partial charge in [0.1, 0.15) is 0 Å². The number of rotatable bonds is 5. The third-order valence-corrected chi connectivity index (χ3v) is 1.75. The van der Waals surface area contributed by atoms with E-state index in [-0.39, 0.29) is 39.8 Å². The van der Waals surface area contributed by atoms with Crippen LogP contribution in [0.4, 0.5) is 0 Å². The smallest absolute Gasteiger partial charge is 0.481 e. The summed E-state index contributed by atoms with van der Waals surface area (Å²) in [5, 5.41) is 8.60. The van der Waals surface area contributed by atoms with E-state index in [1.807, 2.05) is 6.92 Å². The molecule has 0 spiro atoms. The van der Waals surface area contributed by atoms with E-state index in [1.54, 1.807) is 20.8 Å². The van der Waals surface area contributed by atoms with Gasteiger partial charge in [-0.05, 0) is 12.8 Å². The van der Waals surface area contributed by atoms with Gasteiger partial charge in [0.15, 0.2) is 0 Å². The molecular formula is C14H31AlNiO2. The second-order valence-corrected chi connectivity index (χ2v) is 2.59. The number of hydrogen-bond donors (Lipinski definition) is 1. The minimum absolute atomic E-state index is 0. The third-order valence-electron chi connectivity index (χ3n) is 1.75. The molecule has 0 aromatic heterocycles. The Labute approximate surface area is 136 Å². The van der Waals surface area contributed by atoms with Gasteiger partial charge >= 0.3 is 22.5 Å². The molecule has 0 rings (SSSR count). The number of carbonyl (C=O) groups is 1. The van der Waals surface area contributed by atoms with Crippen molar-refractivity contribution in [3.63, 3.8) is 0 Å². The summed E-state index contributed by atoms with van der Waals surface area (Å²) >= 11 is 0. The standard InChI is InChI=1S/C8H16O2.3C2H5.Al.Ni/c1-3-5-6-7(4-2)8(9)10;3*1-2;;/h7H,3-6H2,1-2H3,(H,9,10);3*1H2,2H3;;/q;3*-1;;+3. The van der Waals surface area contributed by atoms with E-state index in [2.05, 4.69) is 27.7 Å². The van der Waals surface area contributed by atoms with E-state index in [0.29, 0.717) is 0 Å². The van der Waals surface area contributed by atoms with Crippen LogP contribution >= 0.6 is 0 Å². The first kappa shape index (κ1) is 36.3. The summed E-state index contributed by atoms with van der Waals surface area (Å²) in [6.45, 7) is 19.0. The predicted octanol–water partition coefficient (Wildman–Crippen LogP) is 4.43. The van der Waals surface area contributed by atoms with Crippen LogP contribution in [0.1, 0.15) is 60.3 Å². The first-order chi connectivity index (χ1) is 7.72. The molecule has 2 nitrogen and oxygen atoms in total. The van der Waals surface area contributed by atoms with Gasteiger partial charge in [0, 0.05) is 17.4 Å². The molecule has 0 aromatic carbocycles. The minimum Gasteiger partial charge on any atom is -0.481 e. The summed E-state index contributed by atoms with van der Waals surface area (Å²) < 4.78 is 0. The Kier molecular flexibility index (Phi) is 87.1. The molecule has 1 N–H and O–H groups in total. The summed E-state index contributed by atoms with van der Waals surface area (Å²) in [5.74, 6) is -0.754. The van der Waals surface area contributed by atoms with E-state index in [1.165, 1.54) is 0 Å². The fourth-order valence-electron chi connectivity index (χ4n) is 0.953. The molecule has 18 heavy (non-hydrogen) atoms. The molecule has 0 fully saturated rings. The quantitative estimate of drug-likeness (QED) is 0.602. The van der Waals surface area contributed by atoms with E-state index in [9.17, 15) is 4.79 Å². The van der Waals surface area contributed by atoms with E-state index in [4.69, 9.17) is 5.11 Å². The van der Waals surface area contributed by atoms with Gasteiger partial charge in [0.2, 0.25) is 0 Å². The average molecular weight is 317 g/mol. The van der Waals surface area contributed by atoms with Crippen LogP contribution in [0.2, 0.25) is 0 Å². The Morgan fingerprint density at radius 3 is 1.56 bits per heavy atom. The van der Waals surface area contributed by atoms with Gasteiger partial charge in [-0.1, -0.05) is 26.7 Å². The van der Waals surface area contributed by atoms with Crippen molar-refractivity contribution in [2.75, 3.05) is 0 Å². The molecule has 4 radical (unpaired) electrons. The molecule has 1 atom stereocenters. The molecule has 0 aliphatic carbocycles. The van der Waals surface area contributed by atoms with Crippen LogP contribution in [0.5, 0.6) is 0 Å². The molecule has 1 unspecified atom stereocenters. The van der Waals surface area contributed by atoms with Crippen LogP contribution in [0.25, 0.3) is 0 Å². The molecule has 0 bridgehead atoms. The Bertz CT molecular complexity index is 112. The van der Waals surface area contributed by atoms with Crippen molar-refractivity contribution in [3.05, 3.63) is 20.8 Å². The van der Waals surface area contributed by atoms with Crippen molar-refractivity contribution in [1.82, 2.24) is 0 Å². The summed E-state index contributed by atoms with van der Waals surface area (Å²) in [6.07, 6.45) is 3.71. The molecule has 0 aliphatic heterocycles. The molecular weight excluding hydrogens is 286 g/mol. The second kappa shape index (κ2) is 43.2. The van der Waals surface area contributed by atoms with Gasteiger partial charge in [0.25, 0.3) is 0 Å². The van der Waals surface area contributed by atoms with Crippen LogP contribution in [-0.2, 0) is 21.3 Å². The predicted molar refractivity (Wildman–Crippen MR) is 79.8 cm³/mol. The Morgan fingerprint density at radius 2 is 1.39 bits per heavy atom. The van der Waals surface area contributed by atoms with Gasteiger partial charge in [-0.3, -0.25) is 4.79 Å². The molecule has 4 heteroatoms. The van der Waals surface area contributed by atoms with E-state index >= 15 is 0 Å². The number of carboxylic acid groups (broad SMARTS) is 1. The summed E-state index contributed by atoms with van der Waals surface area (Å²) in [4.78, 5) is 10.4. The number of carboxylic acids is 1. The Hall–Kier alpha value is 0.496. The molecule has 0 saturated heterocycles. The van der Waals surface area contributed by atoms with Crippen LogP contribution < -0.4 is 0 Å². The Morgan fingerprint density at radius 1 is 1.06 bits per heavy atom. The number of unbranched alkanes of at least 4 members (excludes halogenated alkanes) is 1. The minimum atomic E-state index is -0.643. The Balaban J connectivity index is -0.0000000394. The average Bonchev–Trinajstić information content (AvgIpc) is 2.37. The van der Waals surface area contributed by atoms with E-state index < -0.39 is 5.97 Å². The maximum Gasteiger partial charge on any atom is 3.00 e. The topological polar surface area (TPSA) is 37.3 Å². The largest absolute Gasteiger partial charge is 3.00 e. The number of aliphatic carboxylic acids is 1. The fourth-order valence-corrected chi connectivity index (χ4v) is 0.953. The molecule has 0 saturated carbocycles. The van der Waals surface area contributed by atoms with Gasteiger partial charge in [-0.25, -0.2) is 0 Å². The molecule has 0 heterocycles. The zero-order valence-electron chi connectivity index (χ0n) is 12.8. The van der Waals surface area contributed by atoms with Crippen molar-refractivity contribution >= 4 is 23.3 Å².